The summed E-state index contributed by atoms with van der Waals surface area (Å²) in [5.41, 5.74) is 0.355. The highest BCUT2D eigenvalue weighted by Crippen LogP contribution is 2.41. The van der Waals surface area contributed by atoms with E-state index < -0.39 is 0 Å². The zero-order chi connectivity index (χ0) is 17.0. The fourth-order valence-corrected chi connectivity index (χ4v) is 5.61. The van der Waals surface area contributed by atoms with Gasteiger partial charge in [0.2, 0.25) is 5.91 Å². The Morgan fingerprint density at radius 2 is 2.25 bits per heavy atom. The van der Waals surface area contributed by atoms with E-state index in [4.69, 9.17) is 0 Å². The van der Waals surface area contributed by atoms with Crippen LogP contribution in [-0.4, -0.2) is 66.0 Å². The van der Waals surface area contributed by atoms with Crippen LogP contribution >= 0.6 is 23.1 Å². The van der Waals surface area contributed by atoms with Crippen LogP contribution in [0.2, 0.25) is 0 Å². The van der Waals surface area contributed by atoms with Gasteiger partial charge in [-0.05, 0) is 58.2 Å². The number of likely N-dealkylation sites (N-methyl/N-ethyl adjacent to an activating group) is 1. The lowest BCUT2D eigenvalue weighted by Crippen LogP contribution is -2.41. The highest BCUT2D eigenvalue weighted by molar-refractivity contribution is 8.01. The van der Waals surface area contributed by atoms with E-state index in [1.807, 2.05) is 6.92 Å². The number of amides is 1. The second kappa shape index (κ2) is 8.12. The molecule has 2 saturated heterocycles. The Morgan fingerprint density at radius 1 is 1.46 bits per heavy atom. The number of thioether (sulfide) groups is 1. The molecule has 8 heteroatoms. The summed E-state index contributed by atoms with van der Waals surface area (Å²) in [7, 11) is 2.09. The van der Waals surface area contributed by atoms with Crippen molar-refractivity contribution in [2.45, 2.75) is 43.0 Å². The standard InChI is InChI=1S/C16H27N5OS2/c1-12-19-20-15(24-12)23-9-3-6-18-14(22)13-10-16(11-21(13)2)4-7-17-8-5-16/h13,17H,3-11H2,1-2H3,(H,18,22)/t13-/m1/s1. The zero-order valence-corrected chi connectivity index (χ0v) is 16.1. The van der Waals surface area contributed by atoms with Crippen molar-refractivity contribution in [3.63, 3.8) is 0 Å². The number of rotatable bonds is 6. The van der Waals surface area contributed by atoms with Crippen molar-refractivity contribution in [3.05, 3.63) is 5.01 Å². The molecule has 0 saturated carbocycles. The molecule has 3 rings (SSSR count). The van der Waals surface area contributed by atoms with E-state index in [2.05, 4.69) is 32.8 Å². The molecule has 0 unspecified atom stereocenters. The van der Waals surface area contributed by atoms with Gasteiger partial charge in [-0.2, -0.15) is 0 Å². The van der Waals surface area contributed by atoms with Crippen molar-refractivity contribution in [1.82, 2.24) is 25.7 Å². The maximum atomic E-state index is 12.5. The first-order chi connectivity index (χ1) is 11.6. The van der Waals surface area contributed by atoms with Gasteiger partial charge in [-0.3, -0.25) is 9.69 Å². The second-order valence-corrected chi connectivity index (χ2v) is 9.49. The number of nitrogens with one attached hydrogen (secondary N) is 2. The van der Waals surface area contributed by atoms with E-state index in [-0.39, 0.29) is 11.9 Å². The fraction of sp³-hybridized carbons (Fsp3) is 0.812. The highest BCUT2D eigenvalue weighted by Gasteiger charge is 2.45. The zero-order valence-electron chi connectivity index (χ0n) is 14.5. The van der Waals surface area contributed by atoms with E-state index >= 15 is 0 Å². The Balaban J connectivity index is 1.37. The van der Waals surface area contributed by atoms with Gasteiger partial charge in [0, 0.05) is 18.8 Å². The minimum absolute atomic E-state index is 0.0431. The normalized spacial score (nSPS) is 23.7. The summed E-state index contributed by atoms with van der Waals surface area (Å²) in [6.07, 6.45) is 4.36. The summed E-state index contributed by atoms with van der Waals surface area (Å²) in [6, 6.07) is 0.0431. The van der Waals surface area contributed by atoms with Crippen molar-refractivity contribution in [3.8, 4) is 0 Å². The van der Waals surface area contributed by atoms with Gasteiger partial charge in [0.25, 0.3) is 0 Å². The van der Waals surface area contributed by atoms with Gasteiger partial charge in [0.05, 0.1) is 6.04 Å². The Labute approximate surface area is 152 Å². The molecular weight excluding hydrogens is 342 g/mol. The van der Waals surface area contributed by atoms with Gasteiger partial charge in [-0.1, -0.05) is 23.1 Å². The van der Waals surface area contributed by atoms with Crippen LogP contribution in [0.25, 0.3) is 0 Å². The molecule has 1 spiro atoms. The van der Waals surface area contributed by atoms with Gasteiger partial charge >= 0.3 is 0 Å². The third-order valence-corrected chi connectivity index (χ3v) is 7.12. The molecule has 3 heterocycles. The molecule has 134 valence electrons. The van der Waals surface area contributed by atoms with E-state index in [1.54, 1.807) is 23.1 Å². The molecule has 2 fully saturated rings. The van der Waals surface area contributed by atoms with Crippen molar-refractivity contribution in [1.29, 1.82) is 0 Å². The van der Waals surface area contributed by atoms with E-state index in [9.17, 15) is 4.79 Å². The minimum Gasteiger partial charge on any atom is -0.355 e. The summed E-state index contributed by atoms with van der Waals surface area (Å²) in [6.45, 7) is 5.94. The smallest absolute Gasteiger partial charge is 0.237 e. The lowest BCUT2D eigenvalue weighted by molar-refractivity contribution is -0.125. The summed E-state index contributed by atoms with van der Waals surface area (Å²) in [5, 5.41) is 15.7. The van der Waals surface area contributed by atoms with Gasteiger partial charge in [-0.15, -0.1) is 10.2 Å². The Hall–Kier alpha value is -0.700. The molecule has 0 aromatic carbocycles. The van der Waals surface area contributed by atoms with Crippen LogP contribution in [-0.2, 0) is 4.79 Å². The number of likely N-dealkylation sites (tertiary alicyclic amines) is 1. The molecule has 2 aliphatic heterocycles. The van der Waals surface area contributed by atoms with Crippen molar-refractivity contribution >= 4 is 29.0 Å². The second-order valence-electron chi connectivity index (χ2n) is 6.97. The van der Waals surface area contributed by atoms with Crippen molar-refractivity contribution in [2.24, 2.45) is 5.41 Å². The van der Waals surface area contributed by atoms with E-state index in [0.717, 1.165) is 54.1 Å². The number of nitrogens with zero attached hydrogens (tertiary/aromatic N) is 3. The molecule has 1 aromatic rings. The fourth-order valence-electron chi connectivity index (χ4n) is 3.78. The quantitative estimate of drug-likeness (QED) is 0.585. The van der Waals surface area contributed by atoms with Crippen LogP contribution in [0.4, 0.5) is 0 Å². The molecule has 1 aromatic heterocycles. The molecule has 0 radical (unpaired) electrons. The summed E-state index contributed by atoms with van der Waals surface area (Å²) in [4.78, 5) is 14.8. The first kappa shape index (κ1) is 18.1. The first-order valence-electron chi connectivity index (χ1n) is 8.70. The van der Waals surface area contributed by atoms with Gasteiger partial charge < -0.3 is 10.6 Å². The number of carbonyl (C=O) groups is 1. The number of carbonyl (C=O) groups excluding carboxylic acids is 1. The maximum absolute atomic E-state index is 12.5. The molecule has 0 bridgehead atoms. The van der Waals surface area contributed by atoms with Gasteiger partial charge in [0.15, 0.2) is 4.34 Å². The number of hydrogen-bond acceptors (Lipinski definition) is 7. The Kier molecular flexibility index (Phi) is 6.12. The van der Waals surface area contributed by atoms with Gasteiger partial charge in [-0.25, -0.2) is 0 Å². The summed E-state index contributed by atoms with van der Waals surface area (Å²) in [5.74, 6) is 1.16. The summed E-state index contributed by atoms with van der Waals surface area (Å²) < 4.78 is 1.02. The molecule has 24 heavy (non-hydrogen) atoms. The maximum Gasteiger partial charge on any atom is 0.237 e. The number of aryl methyl sites for hydroxylation is 1. The average molecular weight is 370 g/mol. The average Bonchev–Trinajstić information content (AvgIpc) is 3.11. The third kappa shape index (κ3) is 4.47. The molecule has 6 nitrogen and oxygen atoms in total. The van der Waals surface area contributed by atoms with Crippen LogP contribution in [0.5, 0.6) is 0 Å². The molecule has 1 atom stereocenters. The lowest BCUT2D eigenvalue weighted by Gasteiger charge is -2.33. The summed E-state index contributed by atoms with van der Waals surface area (Å²) >= 11 is 3.35. The number of aromatic nitrogens is 2. The van der Waals surface area contributed by atoms with Crippen molar-refractivity contribution in [2.75, 3.05) is 39.0 Å². The molecular formula is C16H27N5OS2. The SMILES string of the molecule is Cc1nnc(SCCCNC(=O)[C@H]2CC3(CCNCC3)CN2C)s1. The molecule has 2 N–H and O–H groups in total. The van der Waals surface area contributed by atoms with Crippen LogP contribution in [0.1, 0.15) is 30.7 Å². The van der Waals surface area contributed by atoms with Crippen LogP contribution in [0.3, 0.4) is 0 Å². The van der Waals surface area contributed by atoms with Crippen molar-refractivity contribution < 1.29 is 4.79 Å². The molecule has 1 amide bonds. The first-order valence-corrected chi connectivity index (χ1v) is 10.5. The number of piperidine rings is 1. The highest BCUT2D eigenvalue weighted by atomic mass is 32.2. The number of hydrogen-bond donors (Lipinski definition) is 2. The Morgan fingerprint density at radius 3 is 2.96 bits per heavy atom. The van der Waals surface area contributed by atoms with Crippen LogP contribution < -0.4 is 10.6 Å². The monoisotopic (exact) mass is 369 g/mol. The predicted octanol–water partition coefficient (Wildman–Crippen LogP) is 1.52. The Bertz CT molecular complexity index is 558. The largest absolute Gasteiger partial charge is 0.355 e. The van der Waals surface area contributed by atoms with Gasteiger partial charge in [0.1, 0.15) is 5.01 Å². The topological polar surface area (TPSA) is 70.1 Å². The molecule has 2 aliphatic rings. The molecule has 0 aliphatic carbocycles. The predicted molar refractivity (Wildman–Crippen MR) is 98.6 cm³/mol. The van der Waals surface area contributed by atoms with E-state index in [0.29, 0.717) is 5.41 Å². The minimum atomic E-state index is 0.0431. The van der Waals surface area contributed by atoms with E-state index in [1.165, 1.54) is 12.8 Å². The lowest BCUT2D eigenvalue weighted by atomic mass is 9.77. The third-order valence-electron chi connectivity index (χ3n) is 5.06. The van der Waals surface area contributed by atoms with Crippen LogP contribution in [0.15, 0.2) is 4.34 Å². The van der Waals surface area contributed by atoms with Crippen LogP contribution in [0, 0.1) is 12.3 Å².